The third-order valence-corrected chi connectivity index (χ3v) is 4.37. The molecule has 0 N–H and O–H groups in total. The number of rotatable bonds is 6. The van der Waals surface area contributed by atoms with Gasteiger partial charge in [-0.1, -0.05) is 91.9 Å². The fourth-order valence-corrected chi connectivity index (χ4v) is 2.96. The van der Waals surface area contributed by atoms with Crippen molar-refractivity contribution >= 4 is 17.8 Å². The first-order valence-corrected chi connectivity index (χ1v) is 8.62. The van der Waals surface area contributed by atoms with Gasteiger partial charge < -0.3 is 4.65 Å². The normalized spacial score (nSPS) is 11.9. The van der Waals surface area contributed by atoms with Crippen LogP contribution >= 0.6 is 0 Å². The highest BCUT2D eigenvalue weighted by Crippen LogP contribution is 2.17. The lowest BCUT2D eigenvalue weighted by molar-refractivity contribution is 0.237. The molecule has 0 saturated heterocycles. The molecule has 0 heterocycles. The van der Waals surface area contributed by atoms with Gasteiger partial charge in [0.15, 0.2) is 0 Å². The second-order valence-electron chi connectivity index (χ2n) is 6.08. The quantitative estimate of drug-likeness (QED) is 0.622. The summed E-state index contributed by atoms with van der Waals surface area (Å²) in [6, 6.07) is 29.6. The van der Waals surface area contributed by atoms with Gasteiger partial charge in [0, 0.05) is 0 Å². The van der Waals surface area contributed by atoms with Crippen molar-refractivity contribution in [2.24, 2.45) is 0 Å². The lowest BCUT2D eigenvalue weighted by atomic mass is 9.55. The number of hydrogen-bond donors (Lipinski definition) is 0. The first-order chi connectivity index (χ1) is 11.8. The summed E-state index contributed by atoms with van der Waals surface area (Å²) in [5.41, 5.74) is 4.94. The van der Waals surface area contributed by atoms with Gasteiger partial charge in [0.2, 0.25) is 0 Å². The highest BCUT2D eigenvalue weighted by atomic mass is 16.4. The molecule has 3 aromatic carbocycles. The van der Waals surface area contributed by atoms with Crippen LogP contribution in [-0.2, 0) is 11.1 Å². The second-order valence-corrected chi connectivity index (χ2v) is 6.08. The Morgan fingerprint density at radius 1 is 0.792 bits per heavy atom. The molecule has 0 aromatic heterocycles. The van der Waals surface area contributed by atoms with Gasteiger partial charge in [-0.3, -0.25) is 0 Å². The minimum Gasteiger partial charge on any atom is -0.420 e. The largest absolute Gasteiger partial charge is 0.420 e. The summed E-state index contributed by atoms with van der Waals surface area (Å²) in [4.78, 5) is 0. The van der Waals surface area contributed by atoms with E-state index in [-0.39, 0.29) is 13.0 Å². The van der Waals surface area contributed by atoms with E-state index in [2.05, 4.69) is 86.6 Å². The molecule has 1 nitrogen and oxygen atoms in total. The molecule has 2 heteroatoms. The van der Waals surface area contributed by atoms with E-state index in [0.29, 0.717) is 0 Å². The van der Waals surface area contributed by atoms with E-state index in [4.69, 9.17) is 4.65 Å². The Labute approximate surface area is 145 Å². The summed E-state index contributed by atoms with van der Waals surface area (Å²) in [5, 5.41) is 0. The van der Waals surface area contributed by atoms with Gasteiger partial charge in [-0.2, -0.15) is 0 Å². The lowest BCUT2D eigenvalue weighted by Gasteiger charge is -2.21. The smallest absolute Gasteiger partial charge is 0.362 e. The summed E-state index contributed by atoms with van der Waals surface area (Å²) in [5.74, 6) is 0. The summed E-state index contributed by atoms with van der Waals surface area (Å²) in [7, 11) is 0. The predicted octanol–water partition coefficient (Wildman–Crippen LogP) is 4.13. The van der Waals surface area contributed by atoms with Crippen molar-refractivity contribution in [3.05, 3.63) is 96.1 Å². The van der Waals surface area contributed by atoms with Crippen molar-refractivity contribution in [1.29, 1.82) is 0 Å². The molecule has 0 aliphatic heterocycles. The van der Waals surface area contributed by atoms with Crippen LogP contribution in [0.1, 0.15) is 31.1 Å². The van der Waals surface area contributed by atoms with Crippen LogP contribution in [0, 0.1) is 0 Å². The van der Waals surface area contributed by atoms with E-state index in [1.807, 2.05) is 12.1 Å². The van der Waals surface area contributed by atoms with E-state index in [0.717, 1.165) is 6.42 Å². The van der Waals surface area contributed by atoms with Gasteiger partial charge in [0.1, 0.15) is 0 Å². The van der Waals surface area contributed by atoms with E-state index >= 15 is 0 Å². The molecular weight excluding hydrogens is 291 g/mol. The van der Waals surface area contributed by atoms with Gasteiger partial charge in [-0.25, -0.2) is 0 Å². The second kappa shape index (κ2) is 7.98. The first-order valence-electron chi connectivity index (χ1n) is 8.62. The molecule has 120 valence electrons. The standard InChI is InChI=1S/C22H23BO/c1-3-19-11-10-16-22(17-19)23(21-14-8-5-9-15-21)24-18(2)20-12-6-4-7-13-20/h4-18H,3H2,1-2H3. The van der Waals surface area contributed by atoms with E-state index in [1.165, 1.54) is 22.1 Å². The van der Waals surface area contributed by atoms with Crippen molar-refractivity contribution in [1.82, 2.24) is 0 Å². The van der Waals surface area contributed by atoms with E-state index < -0.39 is 0 Å². The van der Waals surface area contributed by atoms with Gasteiger partial charge in [0.05, 0.1) is 6.10 Å². The van der Waals surface area contributed by atoms with Crippen LogP contribution < -0.4 is 10.9 Å². The van der Waals surface area contributed by atoms with Crippen LogP contribution in [0.15, 0.2) is 84.9 Å². The van der Waals surface area contributed by atoms with Crippen LogP contribution in [0.2, 0.25) is 0 Å². The SMILES string of the molecule is CCc1cccc(B(OC(C)c2ccccc2)c2ccccc2)c1. The highest BCUT2D eigenvalue weighted by Gasteiger charge is 2.24. The summed E-state index contributed by atoms with van der Waals surface area (Å²) in [6.45, 7) is 4.24. The monoisotopic (exact) mass is 314 g/mol. The maximum absolute atomic E-state index is 6.51. The zero-order valence-corrected chi connectivity index (χ0v) is 14.4. The zero-order valence-electron chi connectivity index (χ0n) is 14.4. The maximum atomic E-state index is 6.51. The predicted molar refractivity (Wildman–Crippen MR) is 103 cm³/mol. The summed E-state index contributed by atoms with van der Waals surface area (Å²) < 4.78 is 6.51. The lowest BCUT2D eigenvalue weighted by Crippen LogP contribution is -2.45. The molecule has 24 heavy (non-hydrogen) atoms. The van der Waals surface area contributed by atoms with Crippen molar-refractivity contribution < 1.29 is 4.65 Å². The van der Waals surface area contributed by atoms with Crippen molar-refractivity contribution in [3.63, 3.8) is 0 Å². The molecule has 0 saturated carbocycles. The number of hydrogen-bond acceptors (Lipinski definition) is 1. The molecule has 3 aromatic rings. The minimum atomic E-state index is -0.0621. The fraction of sp³-hybridized carbons (Fsp3) is 0.182. The summed E-state index contributed by atoms with van der Waals surface area (Å²) in [6.07, 6.45) is 1.06. The van der Waals surface area contributed by atoms with Crippen LogP contribution in [0.3, 0.4) is 0 Å². The minimum absolute atomic E-state index is 0.0293. The van der Waals surface area contributed by atoms with Crippen LogP contribution in [0.25, 0.3) is 0 Å². The van der Waals surface area contributed by atoms with Crippen LogP contribution in [0.5, 0.6) is 0 Å². The molecular formula is C22H23BO. The molecule has 0 aliphatic rings. The fourth-order valence-electron chi connectivity index (χ4n) is 2.96. The Morgan fingerprint density at radius 2 is 1.42 bits per heavy atom. The van der Waals surface area contributed by atoms with E-state index in [1.54, 1.807) is 0 Å². The first kappa shape index (κ1) is 16.5. The molecule has 0 fully saturated rings. The summed E-state index contributed by atoms with van der Waals surface area (Å²) >= 11 is 0. The Balaban J connectivity index is 1.93. The van der Waals surface area contributed by atoms with Crippen LogP contribution in [-0.4, -0.2) is 6.92 Å². The Kier molecular flexibility index (Phi) is 5.50. The third-order valence-electron chi connectivity index (χ3n) is 4.37. The van der Waals surface area contributed by atoms with Gasteiger partial charge in [0.25, 0.3) is 0 Å². The molecule has 1 unspecified atom stereocenters. The van der Waals surface area contributed by atoms with Crippen LogP contribution in [0.4, 0.5) is 0 Å². The Hall–Kier alpha value is -2.32. The van der Waals surface area contributed by atoms with Crippen molar-refractivity contribution in [2.75, 3.05) is 0 Å². The zero-order chi connectivity index (χ0) is 16.8. The molecule has 0 spiro atoms. The molecule has 0 bridgehead atoms. The van der Waals surface area contributed by atoms with Gasteiger partial charge in [-0.05, 0) is 35.4 Å². The topological polar surface area (TPSA) is 9.23 Å². The molecule has 1 atom stereocenters. The number of benzene rings is 3. The molecule has 3 rings (SSSR count). The van der Waals surface area contributed by atoms with Crippen molar-refractivity contribution in [2.45, 2.75) is 26.4 Å². The van der Waals surface area contributed by atoms with E-state index in [9.17, 15) is 0 Å². The third kappa shape index (κ3) is 3.96. The average molecular weight is 314 g/mol. The molecule has 0 aliphatic carbocycles. The van der Waals surface area contributed by atoms with Gasteiger partial charge in [-0.15, -0.1) is 0 Å². The molecule has 0 radical (unpaired) electrons. The van der Waals surface area contributed by atoms with Crippen molar-refractivity contribution in [3.8, 4) is 0 Å². The average Bonchev–Trinajstić information content (AvgIpc) is 2.67. The molecule has 0 amide bonds. The highest BCUT2D eigenvalue weighted by molar-refractivity contribution is 6.80. The number of aryl methyl sites for hydroxylation is 1. The Morgan fingerprint density at radius 3 is 2.08 bits per heavy atom. The maximum Gasteiger partial charge on any atom is 0.362 e. The Bertz CT molecular complexity index is 755. The van der Waals surface area contributed by atoms with Gasteiger partial charge >= 0.3 is 6.92 Å².